The number of aryl methyl sites for hydroxylation is 1. The van der Waals surface area contributed by atoms with Crippen LogP contribution in [-0.2, 0) is 4.79 Å². The van der Waals surface area contributed by atoms with E-state index in [1.807, 2.05) is 56.3 Å². The Kier molecular flexibility index (Phi) is 9.94. The molecule has 0 radical (unpaired) electrons. The molecule has 1 saturated carbocycles. The number of para-hydroxylation sites is 1. The molecule has 8 nitrogen and oxygen atoms in total. The van der Waals surface area contributed by atoms with Crippen molar-refractivity contribution in [2.75, 3.05) is 18.5 Å². The molecule has 0 bridgehead atoms. The zero-order chi connectivity index (χ0) is 29.6. The van der Waals surface area contributed by atoms with Crippen LogP contribution in [0.3, 0.4) is 0 Å². The summed E-state index contributed by atoms with van der Waals surface area (Å²) in [7, 11) is 0. The Balaban J connectivity index is 1.44. The zero-order valence-corrected chi connectivity index (χ0v) is 27.3. The predicted molar refractivity (Wildman–Crippen MR) is 178 cm³/mol. The Bertz CT molecular complexity index is 1700. The molecule has 0 atom stereocenters. The van der Waals surface area contributed by atoms with Gasteiger partial charge in [0.2, 0.25) is 0 Å². The van der Waals surface area contributed by atoms with Crippen LogP contribution in [0.25, 0.3) is 10.9 Å². The lowest BCUT2D eigenvalue weighted by atomic mass is 9.88. The van der Waals surface area contributed by atoms with Crippen LogP contribution in [0.5, 0.6) is 11.5 Å². The van der Waals surface area contributed by atoms with Gasteiger partial charge in [-0.05, 0) is 96.8 Å². The van der Waals surface area contributed by atoms with E-state index in [9.17, 15) is 9.59 Å². The van der Waals surface area contributed by atoms with Gasteiger partial charge >= 0.3 is 0 Å². The first kappa shape index (κ1) is 30.2. The van der Waals surface area contributed by atoms with Crippen LogP contribution < -0.4 is 20.3 Å². The van der Waals surface area contributed by atoms with Crippen molar-refractivity contribution in [3.63, 3.8) is 0 Å². The van der Waals surface area contributed by atoms with Crippen LogP contribution in [-0.4, -0.2) is 35.0 Å². The molecule has 1 aromatic heterocycles. The summed E-state index contributed by atoms with van der Waals surface area (Å²) in [5, 5.41) is 8.07. The summed E-state index contributed by atoms with van der Waals surface area (Å²) in [6.07, 6.45) is 7.05. The van der Waals surface area contributed by atoms with Gasteiger partial charge in [-0.2, -0.15) is 9.78 Å². The Morgan fingerprint density at radius 2 is 1.93 bits per heavy atom. The van der Waals surface area contributed by atoms with E-state index in [4.69, 9.17) is 14.5 Å². The van der Waals surface area contributed by atoms with Crippen LogP contribution in [0.2, 0.25) is 0 Å². The summed E-state index contributed by atoms with van der Waals surface area (Å²) in [4.78, 5) is 31.2. The minimum Gasteiger partial charge on any atom is -0.490 e. The van der Waals surface area contributed by atoms with Gasteiger partial charge in [-0.1, -0.05) is 53.4 Å². The molecule has 1 aliphatic carbocycles. The van der Waals surface area contributed by atoms with Crippen molar-refractivity contribution in [3.8, 4) is 11.5 Å². The van der Waals surface area contributed by atoms with Crippen molar-refractivity contribution >= 4 is 67.2 Å². The molecule has 218 valence electrons. The van der Waals surface area contributed by atoms with E-state index in [0.29, 0.717) is 34.8 Å². The van der Waals surface area contributed by atoms with Crippen molar-refractivity contribution < 1.29 is 14.3 Å². The lowest BCUT2D eigenvalue weighted by Crippen LogP contribution is -2.25. The van der Waals surface area contributed by atoms with Crippen molar-refractivity contribution in [1.82, 2.24) is 9.66 Å². The highest BCUT2D eigenvalue weighted by molar-refractivity contribution is 14.1. The van der Waals surface area contributed by atoms with Gasteiger partial charge in [0.25, 0.3) is 11.5 Å². The number of aromatic nitrogens is 2. The highest BCUT2D eigenvalue weighted by Crippen LogP contribution is 2.35. The zero-order valence-electron chi connectivity index (χ0n) is 23.5. The van der Waals surface area contributed by atoms with Gasteiger partial charge in [0.1, 0.15) is 5.82 Å². The van der Waals surface area contributed by atoms with E-state index >= 15 is 0 Å². The minimum atomic E-state index is -0.266. The third-order valence-corrected chi connectivity index (χ3v) is 8.52. The second kappa shape index (κ2) is 13.8. The Morgan fingerprint density at radius 1 is 1.14 bits per heavy atom. The average Bonchev–Trinajstić information content (AvgIpc) is 2.98. The first-order chi connectivity index (χ1) is 20.3. The normalized spacial score (nSPS) is 13.9. The third-order valence-electron chi connectivity index (χ3n) is 7.22. The van der Waals surface area contributed by atoms with Gasteiger partial charge in [0.05, 0.1) is 27.3 Å². The van der Waals surface area contributed by atoms with E-state index in [2.05, 4.69) is 48.9 Å². The van der Waals surface area contributed by atoms with E-state index in [-0.39, 0.29) is 24.0 Å². The molecule has 1 aliphatic rings. The number of amides is 1. The summed E-state index contributed by atoms with van der Waals surface area (Å²) in [5.41, 5.74) is 2.93. The van der Waals surface area contributed by atoms with Crippen LogP contribution in [0.4, 0.5) is 5.69 Å². The van der Waals surface area contributed by atoms with Gasteiger partial charge in [-0.25, -0.2) is 4.98 Å². The lowest BCUT2D eigenvalue weighted by molar-refractivity contribution is -0.118. The Morgan fingerprint density at radius 3 is 2.69 bits per heavy atom. The standard InChI is InChI=1S/C32H32BrIN4O4/c1-3-41-28-16-21(15-25(34)30(28)42-19-29(39)36-26-12-8-7-9-20(26)2)18-35-38-31(22-10-5-4-6-11-22)37-27-14-13-23(33)17-24(27)32(38)40/h7-9,12-18,22H,3-6,10-11,19H2,1-2H3,(H,36,39). The molecule has 1 N–H and O–H groups in total. The molecule has 1 heterocycles. The van der Waals surface area contributed by atoms with Crippen molar-refractivity contribution in [3.05, 3.63) is 89.9 Å². The molecule has 0 spiro atoms. The lowest BCUT2D eigenvalue weighted by Gasteiger charge is -2.22. The molecule has 5 rings (SSSR count). The molecular formula is C32H32BrIN4O4. The fourth-order valence-corrected chi connectivity index (χ4v) is 6.27. The number of rotatable bonds is 9. The molecule has 1 fully saturated rings. The maximum Gasteiger partial charge on any atom is 0.282 e. The molecule has 0 aliphatic heterocycles. The van der Waals surface area contributed by atoms with Crippen LogP contribution in [0.15, 0.2) is 69.0 Å². The summed E-state index contributed by atoms with van der Waals surface area (Å²) in [6, 6.07) is 16.8. The first-order valence-corrected chi connectivity index (χ1v) is 15.9. The second-order valence-corrected chi connectivity index (χ2v) is 12.3. The number of nitrogens with zero attached hydrogens (tertiary/aromatic N) is 3. The number of hydrogen-bond donors (Lipinski definition) is 1. The van der Waals surface area contributed by atoms with Gasteiger partial charge in [0.15, 0.2) is 18.1 Å². The molecule has 3 aromatic carbocycles. The number of carbonyl (C=O) groups excluding carboxylic acids is 1. The van der Waals surface area contributed by atoms with Crippen LogP contribution in [0.1, 0.15) is 61.9 Å². The SMILES string of the molecule is CCOc1cc(C=Nn2c(C3CCCCC3)nc3ccc(Br)cc3c2=O)cc(I)c1OCC(=O)Nc1ccccc1C. The number of anilines is 1. The maximum absolute atomic E-state index is 13.7. The van der Waals surface area contributed by atoms with E-state index in [0.717, 1.165) is 50.5 Å². The third kappa shape index (κ3) is 7.03. The molecule has 4 aromatic rings. The first-order valence-electron chi connectivity index (χ1n) is 14.0. The number of ether oxygens (including phenoxy) is 2. The summed E-state index contributed by atoms with van der Waals surface area (Å²) < 4.78 is 14.8. The minimum absolute atomic E-state index is 0.170. The summed E-state index contributed by atoms with van der Waals surface area (Å²) >= 11 is 5.64. The maximum atomic E-state index is 13.7. The van der Waals surface area contributed by atoms with Gasteiger partial charge in [-0.15, -0.1) is 0 Å². The average molecular weight is 743 g/mol. The quantitative estimate of drug-likeness (QED) is 0.142. The topological polar surface area (TPSA) is 94.8 Å². The van der Waals surface area contributed by atoms with Crippen molar-refractivity contribution in [2.24, 2.45) is 5.10 Å². The van der Waals surface area contributed by atoms with Crippen LogP contribution in [0, 0.1) is 10.5 Å². The Labute approximate surface area is 266 Å². The van der Waals surface area contributed by atoms with E-state index in [1.165, 1.54) is 11.1 Å². The fourth-order valence-electron chi connectivity index (χ4n) is 5.13. The van der Waals surface area contributed by atoms with Crippen molar-refractivity contribution in [1.29, 1.82) is 0 Å². The fraction of sp³-hybridized carbons (Fsp3) is 0.312. The second-order valence-electron chi connectivity index (χ2n) is 10.2. The molecule has 10 heteroatoms. The molecule has 0 saturated heterocycles. The highest BCUT2D eigenvalue weighted by atomic mass is 127. The number of fused-ring (bicyclic) bond motifs is 1. The summed E-state index contributed by atoms with van der Waals surface area (Å²) in [5.74, 6) is 1.59. The monoisotopic (exact) mass is 742 g/mol. The highest BCUT2D eigenvalue weighted by Gasteiger charge is 2.23. The summed E-state index contributed by atoms with van der Waals surface area (Å²) in [6.45, 7) is 4.07. The smallest absolute Gasteiger partial charge is 0.282 e. The number of benzene rings is 3. The van der Waals surface area contributed by atoms with Crippen molar-refractivity contribution in [2.45, 2.75) is 51.9 Å². The Hall–Kier alpha value is -3.25. The molecule has 1 amide bonds. The number of halogens is 2. The van der Waals surface area contributed by atoms with E-state index in [1.54, 1.807) is 18.3 Å². The number of carbonyl (C=O) groups is 1. The molecular weight excluding hydrogens is 711 g/mol. The molecule has 0 unspecified atom stereocenters. The van der Waals surface area contributed by atoms with E-state index < -0.39 is 0 Å². The van der Waals surface area contributed by atoms with Gasteiger partial charge in [0, 0.05) is 16.1 Å². The largest absolute Gasteiger partial charge is 0.490 e. The number of hydrogen-bond acceptors (Lipinski definition) is 6. The predicted octanol–water partition coefficient (Wildman–Crippen LogP) is 7.42. The number of nitrogens with one attached hydrogen (secondary N) is 1. The van der Waals surface area contributed by atoms with Gasteiger partial charge in [-0.3, -0.25) is 9.59 Å². The molecule has 42 heavy (non-hydrogen) atoms. The van der Waals surface area contributed by atoms with Crippen LogP contribution >= 0.6 is 38.5 Å². The van der Waals surface area contributed by atoms with Gasteiger partial charge < -0.3 is 14.8 Å².